The fraction of sp³-hybridized carbons (Fsp3) is 0.429. The lowest BCUT2D eigenvalue weighted by atomic mass is 10.2. The second kappa shape index (κ2) is 5.60. The standard InChI is InChI=1S/C14H17NO6S/c1-8-3-4-12(9(2)5-8)22(20,21)10-6-11(13(16)17)15(7-10)14(18)19/h3-5,10-11H,6-7H2,1-2H3,(H,16,17)(H,18,19)/t10-,11+/m1/s1. The number of nitrogens with zero attached hydrogens (tertiary/aromatic N) is 1. The number of sulfone groups is 1. The molecule has 1 aliphatic heterocycles. The number of carbonyl (C=O) groups is 2. The van der Waals surface area contributed by atoms with Crippen molar-refractivity contribution in [1.29, 1.82) is 0 Å². The summed E-state index contributed by atoms with van der Waals surface area (Å²) in [6.45, 7) is 3.17. The molecule has 2 rings (SSSR count). The van der Waals surface area contributed by atoms with Crippen molar-refractivity contribution in [1.82, 2.24) is 4.90 Å². The Bertz CT molecular complexity index is 705. The maximum atomic E-state index is 12.7. The van der Waals surface area contributed by atoms with Gasteiger partial charge < -0.3 is 10.2 Å². The second-order valence-electron chi connectivity index (χ2n) is 5.46. The first kappa shape index (κ1) is 16.3. The lowest BCUT2D eigenvalue weighted by Crippen LogP contribution is -2.39. The average Bonchev–Trinajstić information content (AvgIpc) is 2.84. The van der Waals surface area contributed by atoms with Crippen LogP contribution in [0.1, 0.15) is 17.5 Å². The molecule has 0 aliphatic carbocycles. The second-order valence-corrected chi connectivity index (χ2v) is 7.66. The summed E-state index contributed by atoms with van der Waals surface area (Å²) in [4.78, 5) is 23.0. The van der Waals surface area contributed by atoms with Crippen LogP contribution in [-0.2, 0) is 14.6 Å². The molecule has 8 heteroatoms. The van der Waals surface area contributed by atoms with Gasteiger partial charge in [0, 0.05) is 6.54 Å². The van der Waals surface area contributed by atoms with Gasteiger partial charge in [0.25, 0.3) is 0 Å². The van der Waals surface area contributed by atoms with Gasteiger partial charge in [0.15, 0.2) is 9.84 Å². The van der Waals surface area contributed by atoms with Crippen molar-refractivity contribution in [2.45, 2.75) is 36.5 Å². The van der Waals surface area contributed by atoms with E-state index in [1.165, 1.54) is 6.07 Å². The minimum absolute atomic E-state index is 0.125. The third kappa shape index (κ3) is 2.78. The highest BCUT2D eigenvalue weighted by atomic mass is 32.2. The fourth-order valence-corrected chi connectivity index (χ4v) is 4.68. The van der Waals surface area contributed by atoms with Crippen LogP contribution in [0.2, 0.25) is 0 Å². The third-order valence-electron chi connectivity index (χ3n) is 3.87. The van der Waals surface area contributed by atoms with Crippen LogP contribution in [0.5, 0.6) is 0 Å². The van der Waals surface area contributed by atoms with Crippen LogP contribution in [0.3, 0.4) is 0 Å². The van der Waals surface area contributed by atoms with Crippen molar-refractivity contribution < 1.29 is 28.2 Å². The number of hydrogen-bond donors (Lipinski definition) is 2. The Balaban J connectivity index is 2.39. The largest absolute Gasteiger partial charge is 0.480 e. The molecular formula is C14H17NO6S. The Morgan fingerprint density at radius 1 is 1.23 bits per heavy atom. The summed E-state index contributed by atoms with van der Waals surface area (Å²) < 4.78 is 25.4. The van der Waals surface area contributed by atoms with Crippen LogP contribution in [-0.4, -0.2) is 53.4 Å². The van der Waals surface area contributed by atoms with E-state index >= 15 is 0 Å². The number of likely N-dealkylation sites (tertiary alicyclic amines) is 1. The van der Waals surface area contributed by atoms with Crippen molar-refractivity contribution in [2.24, 2.45) is 0 Å². The van der Waals surface area contributed by atoms with E-state index in [1.54, 1.807) is 19.1 Å². The van der Waals surface area contributed by atoms with E-state index < -0.39 is 33.2 Å². The lowest BCUT2D eigenvalue weighted by Gasteiger charge is -2.17. The van der Waals surface area contributed by atoms with E-state index in [2.05, 4.69) is 0 Å². The molecule has 1 amide bonds. The van der Waals surface area contributed by atoms with Gasteiger partial charge in [0.05, 0.1) is 10.1 Å². The van der Waals surface area contributed by atoms with E-state index in [0.717, 1.165) is 5.56 Å². The van der Waals surface area contributed by atoms with E-state index in [4.69, 9.17) is 10.2 Å². The Morgan fingerprint density at radius 2 is 1.86 bits per heavy atom. The van der Waals surface area contributed by atoms with Gasteiger partial charge in [-0.05, 0) is 31.9 Å². The van der Waals surface area contributed by atoms with Crippen LogP contribution >= 0.6 is 0 Å². The minimum Gasteiger partial charge on any atom is -0.480 e. The van der Waals surface area contributed by atoms with E-state index in [9.17, 15) is 18.0 Å². The molecule has 1 fully saturated rings. The monoisotopic (exact) mass is 327 g/mol. The third-order valence-corrected chi connectivity index (χ3v) is 6.16. The Labute approximate surface area is 128 Å². The molecule has 0 aromatic heterocycles. The van der Waals surface area contributed by atoms with Crippen LogP contribution < -0.4 is 0 Å². The number of benzene rings is 1. The summed E-state index contributed by atoms with van der Waals surface area (Å²) in [5, 5.41) is 17.1. The minimum atomic E-state index is -3.79. The molecule has 1 aromatic rings. The predicted octanol–water partition coefficient (Wildman–Crippen LogP) is 1.28. The molecule has 1 heterocycles. The zero-order chi connectivity index (χ0) is 16.7. The Morgan fingerprint density at radius 3 is 2.32 bits per heavy atom. The lowest BCUT2D eigenvalue weighted by molar-refractivity contribution is -0.141. The van der Waals surface area contributed by atoms with Crippen molar-refractivity contribution >= 4 is 21.9 Å². The summed E-state index contributed by atoms with van der Waals surface area (Å²) in [7, 11) is -3.79. The Hall–Kier alpha value is -2.09. The summed E-state index contributed by atoms with van der Waals surface area (Å²) in [6.07, 6.45) is -1.66. The molecule has 0 unspecified atom stereocenters. The molecule has 1 aromatic carbocycles. The molecule has 0 radical (unpaired) electrons. The fourth-order valence-electron chi connectivity index (χ4n) is 2.77. The number of carboxylic acids is 1. The zero-order valence-electron chi connectivity index (χ0n) is 12.2. The highest BCUT2D eigenvalue weighted by molar-refractivity contribution is 7.92. The number of aliphatic carboxylic acids is 1. The first-order valence-electron chi connectivity index (χ1n) is 6.68. The molecule has 22 heavy (non-hydrogen) atoms. The van der Waals surface area contributed by atoms with Gasteiger partial charge in [0.1, 0.15) is 6.04 Å². The highest BCUT2D eigenvalue weighted by Crippen LogP contribution is 2.30. The van der Waals surface area contributed by atoms with Crippen LogP contribution in [0, 0.1) is 13.8 Å². The van der Waals surface area contributed by atoms with Crippen molar-refractivity contribution in [3.8, 4) is 0 Å². The number of carboxylic acid groups (broad SMARTS) is 2. The average molecular weight is 327 g/mol. The first-order chi connectivity index (χ1) is 10.1. The van der Waals surface area contributed by atoms with Gasteiger partial charge in [-0.25, -0.2) is 18.0 Å². The predicted molar refractivity (Wildman–Crippen MR) is 77.7 cm³/mol. The smallest absolute Gasteiger partial charge is 0.408 e. The van der Waals surface area contributed by atoms with Crippen LogP contribution in [0.25, 0.3) is 0 Å². The number of hydrogen-bond acceptors (Lipinski definition) is 4. The quantitative estimate of drug-likeness (QED) is 0.865. The maximum Gasteiger partial charge on any atom is 0.408 e. The zero-order valence-corrected chi connectivity index (χ0v) is 13.0. The van der Waals surface area contributed by atoms with Gasteiger partial charge in [-0.1, -0.05) is 17.7 Å². The summed E-state index contributed by atoms with van der Waals surface area (Å²) in [5.41, 5.74) is 1.49. The summed E-state index contributed by atoms with van der Waals surface area (Å²) >= 11 is 0. The molecular weight excluding hydrogens is 310 g/mol. The molecule has 120 valence electrons. The number of aryl methyl sites for hydroxylation is 2. The van der Waals surface area contributed by atoms with Crippen molar-refractivity contribution in [2.75, 3.05) is 6.54 Å². The van der Waals surface area contributed by atoms with Gasteiger partial charge in [-0.2, -0.15) is 0 Å². The normalized spacial score (nSPS) is 21.8. The van der Waals surface area contributed by atoms with E-state index in [0.29, 0.717) is 10.5 Å². The van der Waals surface area contributed by atoms with Gasteiger partial charge in [0.2, 0.25) is 0 Å². The number of amides is 1. The van der Waals surface area contributed by atoms with Crippen molar-refractivity contribution in [3.05, 3.63) is 29.3 Å². The van der Waals surface area contributed by atoms with Gasteiger partial charge in [-0.3, -0.25) is 4.90 Å². The Kier molecular flexibility index (Phi) is 4.15. The van der Waals surface area contributed by atoms with Crippen molar-refractivity contribution in [3.63, 3.8) is 0 Å². The van der Waals surface area contributed by atoms with Crippen LogP contribution in [0.15, 0.2) is 23.1 Å². The SMILES string of the molecule is Cc1ccc(S(=O)(=O)[C@@H]2C[C@@H](C(=O)O)N(C(=O)O)C2)c(C)c1. The highest BCUT2D eigenvalue weighted by Gasteiger charge is 2.45. The molecule has 2 atom stereocenters. The summed E-state index contributed by atoms with van der Waals surface area (Å²) in [6, 6.07) is 3.55. The molecule has 2 N–H and O–H groups in total. The molecule has 7 nitrogen and oxygen atoms in total. The first-order valence-corrected chi connectivity index (χ1v) is 8.22. The van der Waals surface area contributed by atoms with Crippen LogP contribution in [0.4, 0.5) is 4.79 Å². The van der Waals surface area contributed by atoms with Gasteiger partial charge >= 0.3 is 12.1 Å². The molecule has 0 saturated carbocycles. The van der Waals surface area contributed by atoms with Gasteiger partial charge in [-0.15, -0.1) is 0 Å². The van der Waals surface area contributed by atoms with E-state index in [-0.39, 0.29) is 17.9 Å². The topological polar surface area (TPSA) is 112 Å². The summed E-state index contributed by atoms with van der Waals surface area (Å²) in [5.74, 6) is -1.33. The molecule has 0 bridgehead atoms. The molecule has 1 saturated heterocycles. The maximum absolute atomic E-state index is 12.7. The number of rotatable bonds is 3. The molecule has 1 aliphatic rings. The molecule has 0 spiro atoms. The van der Waals surface area contributed by atoms with E-state index in [1.807, 2.05) is 6.92 Å².